The van der Waals surface area contributed by atoms with E-state index in [1.807, 2.05) is 30.3 Å². The highest BCUT2D eigenvalue weighted by atomic mass is 35.5. The molecule has 10 heteroatoms. The normalized spacial score (nSPS) is 15.6. The van der Waals surface area contributed by atoms with Crippen molar-refractivity contribution in [3.05, 3.63) is 53.3 Å². The van der Waals surface area contributed by atoms with Crippen LogP contribution >= 0.6 is 11.6 Å². The molecule has 3 heterocycles. The first-order valence-electron chi connectivity index (χ1n) is 10.1. The van der Waals surface area contributed by atoms with E-state index in [0.29, 0.717) is 42.2 Å². The summed E-state index contributed by atoms with van der Waals surface area (Å²) in [4.78, 5) is 27.0. The minimum atomic E-state index is -0.538. The van der Waals surface area contributed by atoms with E-state index in [9.17, 15) is 9.59 Å². The van der Waals surface area contributed by atoms with Gasteiger partial charge in [0.15, 0.2) is 5.65 Å². The van der Waals surface area contributed by atoms with Crippen LogP contribution in [-0.2, 0) is 14.3 Å². The van der Waals surface area contributed by atoms with Gasteiger partial charge in [-0.15, -0.1) is 15.3 Å². The molecule has 3 aromatic rings. The molecule has 162 valence electrons. The Bertz CT molecular complexity index is 1080. The summed E-state index contributed by atoms with van der Waals surface area (Å²) in [5, 5.41) is 15.8. The summed E-state index contributed by atoms with van der Waals surface area (Å²) in [6.45, 7) is 1.40. The van der Waals surface area contributed by atoms with E-state index in [4.69, 9.17) is 16.3 Å². The summed E-state index contributed by atoms with van der Waals surface area (Å²) in [5.74, 6) is 0.175. The number of nitrogens with zero attached hydrogens (tertiary/aromatic N) is 5. The summed E-state index contributed by atoms with van der Waals surface area (Å²) in [5.41, 5.74) is 1.39. The Labute approximate surface area is 184 Å². The van der Waals surface area contributed by atoms with Crippen LogP contribution in [0.1, 0.15) is 30.9 Å². The molecular formula is C21H23ClN6O3. The van der Waals surface area contributed by atoms with E-state index < -0.39 is 12.0 Å². The zero-order chi connectivity index (χ0) is 21.8. The first-order chi connectivity index (χ1) is 15.0. The molecule has 1 fully saturated rings. The van der Waals surface area contributed by atoms with Gasteiger partial charge in [0.1, 0.15) is 12.1 Å². The number of amides is 1. The lowest BCUT2D eigenvalue weighted by molar-refractivity contribution is -0.141. The van der Waals surface area contributed by atoms with Crippen LogP contribution in [0, 0.1) is 5.92 Å². The van der Waals surface area contributed by atoms with E-state index >= 15 is 0 Å². The number of benzene rings is 1. The van der Waals surface area contributed by atoms with E-state index in [0.717, 1.165) is 5.82 Å². The van der Waals surface area contributed by atoms with Crippen molar-refractivity contribution >= 4 is 34.9 Å². The maximum absolute atomic E-state index is 13.0. The quantitative estimate of drug-likeness (QED) is 0.585. The smallest absolute Gasteiger partial charge is 0.307 e. The highest BCUT2D eigenvalue weighted by Gasteiger charge is 2.29. The fourth-order valence-corrected chi connectivity index (χ4v) is 4.06. The number of rotatable bonds is 6. The predicted octanol–water partition coefficient (Wildman–Crippen LogP) is 2.41. The van der Waals surface area contributed by atoms with Crippen molar-refractivity contribution in [3.63, 3.8) is 0 Å². The highest BCUT2D eigenvalue weighted by Crippen LogP contribution is 2.27. The molecule has 1 aliphatic heterocycles. The summed E-state index contributed by atoms with van der Waals surface area (Å²) >= 11 is 6.31. The Kier molecular flexibility index (Phi) is 6.31. The average Bonchev–Trinajstić information content (AvgIpc) is 3.27. The number of piperidine rings is 1. The third-order valence-corrected chi connectivity index (χ3v) is 5.88. The van der Waals surface area contributed by atoms with Crippen LogP contribution in [-0.4, -0.2) is 51.9 Å². The van der Waals surface area contributed by atoms with Crippen LogP contribution in [0.2, 0.25) is 5.02 Å². The molecule has 2 aromatic heterocycles. The first-order valence-corrected chi connectivity index (χ1v) is 10.5. The number of nitrogens with one attached hydrogen (secondary N) is 1. The van der Waals surface area contributed by atoms with Crippen molar-refractivity contribution in [2.75, 3.05) is 25.1 Å². The molecule has 1 unspecified atom stereocenters. The molecular weight excluding hydrogens is 420 g/mol. The van der Waals surface area contributed by atoms with Gasteiger partial charge < -0.3 is 15.0 Å². The molecule has 1 aliphatic rings. The van der Waals surface area contributed by atoms with Gasteiger partial charge in [0.05, 0.1) is 19.6 Å². The monoisotopic (exact) mass is 442 g/mol. The van der Waals surface area contributed by atoms with Crippen LogP contribution in [0.25, 0.3) is 5.65 Å². The topological polar surface area (TPSA) is 102 Å². The second-order valence-electron chi connectivity index (χ2n) is 7.45. The van der Waals surface area contributed by atoms with Crippen molar-refractivity contribution in [1.82, 2.24) is 25.1 Å². The number of esters is 1. The van der Waals surface area contributed by atoms with Crippen LogP contribution in [0.4, 0.5) is 5.82 Å². The van der Waals surface area contributed by atoms with Crippen molar-refractivity contribution in [2.45, 2.75) is 25.3 Å². The third kappa shape index (κ3) is 4.77. The summed E-state index contributed by atoms with van der Waals surface area (Å²) < 4.78 is 6.43. The van der Waals surface area contributed by atoms with E-state index in [1.165, 1.54) is 7.11 Å². The van der Waals surface area contributed by atoms with Gasteiger partial charge in [0, 0.05) is 24.0 Å². The minimum absolute atomic E-state index is 0.0215. The number of carbonyl (C=O) groups is 2. The second kappa shape index (κ2) is 9.30. The average molecular weight is 443 g/mol. The van der Waals surface area contributed by atoms with Crippen molar-refractivity contribution in [2.24, 2.45) is 5.92 Å². The Hall–Kier alpha value is -3.20. The molecule has 0 radical (unpaired) electrons. The molecule has 0 spiro atoms. The van der Waals surface area contributed by atoms with E-state index in [2.05, 4.69) is 25.5 Å². The lowest BCUT2D eigenvalue weighted by Crippen LogP contribution is -2.42. The molecule has 0 saturated carbocycles. The van der Waals surface area contributed by atoms with Crippen molar-refractivity contribution in [1.29, 1.82) is 0 Å². The zero-order valence-corrected chi connectivity index (χ0v) is 17.8. The molecule has 1 saturated heterocycles. The number of hydrogen-bond donors (Lipinski definition) is 1. The molecule has 1 amide bonds. The van der Waals surface area contributed by atoms with E-state index in [-0.39, 0.29) is 18.2 Å². The Morgan fingerprint density at radius 3 is 2.74 bits per heavy atom. The van der Waals surface area contributed by atoms with Gasteiger partial charge in [-0.05, 0) is 36.6 Å². The number of ether oxygens (including phenoxy) is 1. The number of fused-ring (bicyclic) bond motifs is 1. The first kappa shape index (κ1) is 21.0. The third-order valence-electron chi connectivity index (χ3n) is 5.53. The van der Waals surface area contributed by atoms with Gasteiger partial charge in [-0.1, -0.05) is 29.8 Å². The summed E-state index contributed by atoms with van der Waals surface area (Å²) in [7, 11) is 1.33. The summed E-state index contributed by atoms with van der Waals surface area (Å²) in [6.07, 6.45) is 2.95. The predicted molar refractivity (Wildman–Crippen MR) is 115 cm³/mol. The fourth-order valence-electron chi connectivity index (χ4n) is 3.79. The number of methoxy groups -OCH3 is 1. The molecule has 1 atom stereocenters. The molecule has 0 aliphatic carbocycles. The Morgan fingerprint density at radius 1 is 1.23 bits per heavy atom. The fraction of sp³-hybridized carbons (Fsp3) is 0.381. The molecule has 4 rings (SSSR count). The maximum atomic E-state index is 13.0. The van der Waals surface area contributed by atoms with Gasteiger partial charge in [-0.25, -0.2) is 0 Å². The van der Waals surface area contributed by atoms with Gasteiger partial charge in [0.2, 0.25) is 5.91 Å². The molecule has 1 aromatic carbocycles. The van der Waals surface area contributed by atoms with Gasteiger partial charge in [-0.2, -0.15) is 4.52 Å². The highest BCUT2D eigenvalue weighted by molar-refractivity contribution is 6.31. The molecule has 0 bridgehead atoms. The number of hydrogen-bond acceptors (Lipinski definition) is 7. The van der Waals surface area contributed by atoms with E-state index in [1.54, 1.807) is 16.9 Å². The van der Waals surface area contributed by atoms with Crippen molar-refractivity contribution in [3.8, 4) is 0 Å². The van der Waals surface area contributed by atoms with Crippen LogP contribution in [0.5, 0.6) is 0 Å². The largest absolute Gasteiger partial charge is 0.469 e. The Morgan fingerprint density at radius 2 is 2.00 bits per heavy atom. The zero-order valence-electron chi connectivity index (χ0n) is 17.1. The van der Waals surface area contributed by atoms with Crippen LogP contribution in [0.3, 0.4) is 0 Å². The minimum Gasteiger partial charge on any atom is -0.469 e. The lowest BCUT2D eigenvalue weighted by atomic mass is 9.94. The molecule has 9 nitrogen and oxygen atoms in total. The van der Waals surface area contributed by atoms with Crippen molar-refractivity contribution < 1.29 is 14.3 Å². The summed E-state index contributed by atoms with van der Waals surface area (Å²) in [6, 6.07) is 10.4. The van der Waals surface area contributed by atoms with Gasteiger partial charge in [-0.3, -0.25) is 9.59 Å². The van der Waals surface area contributed by atoms with Crippen LogP contribution in [0.15, 0.2) is 42.7 Å². The van der Waals surface area contributed by atoms with Crippen LogP contribution < -0.4 is 10.2 Å². The lowest BCUT2D eigenvalue weighted by Gasteiger charge is -2.32. The van der Waals surface area contributed by atoms with Gasteiger partial charge >= 0.3 is 5.97 Å². The number of carbonyl (C=O) groups excluding carboxylic acids is 2. The molecule has 31 heavy (non-hydrogen) atoms. The molecule has 1 N–H and O–H groups in total. The SMILES string of the molecule is COC(=O)CC(NC(=O)C1CCN(c2ccc3nncn3n2)CC1)c1ccccc1Cl. The number of aromatic nitrogens is 4. The van der Waals surface area contributed by atoms with Gasteiger partial charge in [0.25, 0.3) is 0 Å². The second-order valence-corrected chi connectivity index (χ2v) is 7.86. The maximum Gasteiger partial charge on any atom is 0.307 e. The standard InChI is InChI=1S/C21H23ClN6O3/c1-31-20(29)12-17(15-4-2-3-5-16(15)22)24-21(30)14-8-10-27(11-9-14)19-7-6-18-25-23-13-28(18)26-19/h2-7,13-14,17H,8-12H2,1H3,(H,24,30). The number of anilines is 1. The number of halogens is 1. The Balaban J connectivity index is 1.40.